The Hall–Kier alpha value is -2.89. The fourth-order valence-electron chi connectivity index (χ4n) is 4.65. The molecule has 0 spiro atoms. The predicted octanol–water partition coefficient (Wildman–Crippen LogP) is 2.96. The summed E-state index contributed by atoms with van der Waals surface area (Å²) in [5.74, 6) is 0.748. The Morgan fingerprint density at radius 1 is 1.21 bits per heavy atom. The third-order valence-electron chi connectivity index (χ3n) is 5.80. The Labute approximate surface area is 164 Å². The maximum absolute atomic E-state index is 12.7. The molecule has 1 aliphatic heterocycles. The molecule has 1 heterocycles. The summed E-state index contributed by atoms with van der Waals surface area (Å²) in [7, 11) is 1.58. The summed E-state index contributed by atoms with van der Waals surface area (Å²) in [6, 6.07) is 3.70. The quantitative estimate of drug-likeness (QED) is 0.414. The minimum atomic E-state index is -0.245. The number of benzene rings is 1. The van der Waals surface area contributed by atoms with E-state index in [1.807, 2.05) is 13.0 Å². The SMILES string of the molecule is C=CCc1cc(C=NN2C(=O)[C@@H]3[C@H](C2=O)[C@H]2C=C[C@H]3C2)cc(OC)c1OCC. The van der Waals surface area contributed by atoms with Gasteiger partial charge in [-0.2, -0.15) is 10.1 Å². The van der Waals surface area contributed by atoms with Crippen molar-refractivity contribution in [3.63, 3.8) is 0 Å². The summed E-state index contributed by atoms with van der Waals surface area (Å²) in [6.07, 6.45) is 8.98. The molecule has 2 aliphatic carbocycles. The molecule has 1 aromatic carbocycles. The van der Waals surface area contributed by atoms with Crippen LogP contribution in [0.4, 0.5) is 0 Å². The number of hydrogen-bond acceptors (Lipinski definition) is 5. The number of methoxy groups -OCH3 is 1. The van der Waals surface area contributed by atoms with Gasteiger partial charge in [-0.3, -0.25) is 9.59 Å². The lowest BCUT2D eigenvalue weighted by atomic mass is 9.85. The first kappa shape index (κ1) is 18.5. The molecule has 0 aromatic heterocycles. The van der Waals surface area contributed by atoms with Crippen LogP contribution in [0.15, 0.2) is 42.0 Å². The van der Waals surface area contributed by atoms with Gasteiger partial charge in [0.15, 0.2) is 11.5 Å². The van der Waals surface area contributed by atoms with Crippen LogP contribution in [0.5, 0.6) is 11.5 Å². The van der Waals surface area contributed by atoms with E-state index >= 15 is 0 Å². The van der Waals surface area contributed by atoms with Gasteiger partial charge >= 0.3 is 0 Å². The molecule has 6 heteroatoms. The molecule has 1 saturated carbocycles. The second kappa shape index (κ2) is 7.26. The molecule has 2 fully saturated rings. The second-order valence-electron chi connectivity index (χ2n) is 7.37. The molecule has 2 amide bonds. The first-order valence-corrected chi connectivity index (χ1v) is 9.63. The van der Waals surface area contributed by atoms with E-state index in [1.54, 1.807) is 19.3 Å². The molecule has 2 bridgehead atoms. The van der Waals surface area contributed by atoms with Crippen molar-refractivity contribution in [3.8, 4) is 11.5 Å². The maximum atomic E-state index is 12.7. The monoisotopic (exact) mass is 380 g/mol. The van der Waals surface area contributed by atoms with E-state index in [9.17, 15) is 9.59 Å². The normalized spacial score (nSPS) is 27.7. The number of fused-ring (bicyclic) bond motifs is 5. The molecule has 1 saturated heterocycles. The van der Waals surface area contributed by atoms with E-state index in [-0.39, 0.29) is 35.5 Å². The van der Waals surface area contributed by atoms with Gasteiger partial charge in [-0.1, -0.05) is 18.2 Å². The van der Waals surface area contributed by atoms with Crippen molar-refractivity contribution >= 4 is 18.0 Å². The first-order chi connectivity index (χ1) is 13.6. The van der Waals surface area contributed by atoms with Gasteiger partial charge in [-0.05, 0) is 49.3 Å². The lowest BCUT2D eigenvalue weighted by Gasteiger charge is -2.15. The highest BCUT2D eigenvalue weighted by Crippen LogP contribution is 2.52. The number of allylic oxidation sites excluding steroid dienone is 3. The lowest BCUT2D eigenvalue weighted by Crippen LogP contribution is -2.28. The highest BCUT2D eigenvalue weighted by atomic mass is 16.5. The number of amides is 2. The Kier molecular flexibility index (Phi) is 4.79. The first-order valence-electron chi connectivity index (χ1n) is 9.63. The van der Waals surface area contributed by atoms with Crippen LogP contribution in [-0.2, 0) is 16.0 Å². The molecule has 1 aromatic rings. The van der Waals surface area contributed by atoms with Crippen molar-refractivity contribution in [3.05, 3.63) is 48.1 Å². The molecule has 6 nitrogen and oxygen atoms in total. The number of hydrogen-bond donors (Lipinski definition) is 0. The standard InChI is InChI=1S/C22H24N2O4/c1-4-6-16-9-13(10-17(27-3)20(16)28-5-2)12-23-24-21(25)18-14-7-8-15(11-14)19(18)22(24)26/h4,7-10,12,14-15,18-19H,1,5-6,11H2,2-3H3/t14-,15-,18-,19+/m0/s1. The topological polar surface area (TPSA) is 68.2 Å². The molecular formula is C22H24N2O4. The molecular weight excluding hydrogens is 356 g/mol. The van der Waals surface area contributed by atoms with Crippen molar-refractivity contribution < 1.29 is 19.1 Å². The zero-order valence-electron chi connectivity index (χ0n) is 16.1. The van der Waals surface area contributed by atoms with Crippen molar-refractivity contribution in [1.29, 1.82) is 0 Å². The zero-order valence-corrected chi connectivity index (χ0v) is 16.1. The van der Waals surface area contributed by atoms with Gasteiger partial charge in [0.1, 0.15) is 0 Å². The van der Waals surface area contributed by atoms with E-state index in [0.29, 0.717) is 24.5 Å². The van der Waals surface area contributed by atoms with Crippen LogP contribution in [0.2, 0.25) is 0 Å². The largest absolute Gasteiger partial charge is 0.493 e. The Morgan fingerprint density at radius 3 is 2.46 bits per heavy atom. The van der Waals surface area contributed by atoms with Crippen LogP contribution in [-0.4, -0.2) is 36.8 Å². The van der Waals surface area contributed by atoms with Gasteiger partial charge < -0.3 is 9.47 Å². The molecule has 28 heavy (non-hydrogen) atoms. The molecule has 0 N–H and O–H groups in total. The van der Waals surface area contributed by atoms with Crippen LogP contribution in [0.1, 0.15) is 24.5 Å². The third kappa shape index (κ3) is 2.84. The highest BCUT2D eigenvalue weighted by Gasteiger charge is 2.59. The molecule has 146 valence electrons. The fraction of sp³-hybridized carbons (Fsp3) is 0.409. The van der Waals surface area contributed by atoms with Gasteiger partial charge in [-0.15, -0.1) is 6.58 Å². The number of ether oxygens (including phenoxy) is 2. The van der Waals surface area contributed by atoms with Gasteiger partial charge in [-0.25, -0.2) is 0 Å². The van der Waals surface area contributed by atoms with Crippen LogP contribution in [0.3, 0.4) is 0 Å². The fourth-order valence-corrected chi connectivity index (χ4v) is 4.65. The number of hydrazone groups is 1. The Bertz CT molecular complexity index is 859. The van der Waals surface area contributed by atoms with Crippen LogP contribution < -0.4 is 9.47 Å². The number of rotatable bonds is 7. The minimum Gasteiger partial charge on any atom is -0.493 e. The number of nitrogens with zero attached hydrogens (tertiary/aromatic N) is 2. The summed E-state index contributed by atoms with van der Waals surface area (Å²) >= 11 is 0. The summed E-state index contributed by atoms with van der Waals surface area (Å²) in [6.45, 7) is 6.22. The van der Waals surface area contributed by atoms with Gasteiger partial charge in [0.25, 0.3) is 11.8 Å². The van der Waals surface area contributed by atoms with Gasteiger partial charge in [0, 0.05) is 5.56 Å². The molecule has 0 radical (unpaired) electrons. The van der Waals surface area contributed by atoms with Crippen LogP contribution >= 0.6 is 0 Å². The van der Waals surface area contributed by atoms with Crippen molar-refractivity contribution in [2.45, 2.75) is 19.8 Å². The summed E-state index contributed by atoms with van der Waals surface area (Å²) in [4.78, 5) is 25.5. The second-order valence-corrected chi connectivity index (χ2v) is 7.37. The van der Waals surface area contributed by atoms with Gasteiger partial charge in [0.05, 0.1) is 31.8 Å². The number of imide groups is 1. The van der Waals surface area contributed by atoms with E-state index in [4.69, 9.17) is 9.47 Å². The summed E-state index contributed by atoms with van der Waals surface area (Å²) in [5, 5.41) is 5.30. The molecule has 0 unspecified atom stereocenters. The number of carbonyl (C=O) groups is 2. The van der Waals surface area contributed by atoms with Crippen molar-refractivity contribution in [2.24, 2.45) is 28.8 Å². The van der Waals surface area contributed by atoms with Crippen LogP contribution in [0.25, 0.3) is 0 Å². The zero-order chi connectivity index (χ0) is 19.8. The lowest BCUT2D eigenvalue weighted by molar-refractivity contribution is -0.140. The van der Waals surface area contributed by atoms with E-state index in [2.05, 4.69) is 23.8 Å². The van der Waals surface area contributed by atoms with E-state index in [1.165, 1.54) is 6.21 Å². The Balaban J connectivity index is 1.61. The molecule has 4 rings (SSSR count). The van der Waals surface area contributed by atoms with Crippen molar-refractivity contribution in [2.75, 3.05) is 13.7 Å². The average molecular weight is 380 g/mol. The number of carbonyl (C=O) groups excluding carboxylic acids is 2. The van der Waals surface area contributed by atoms with Crippen molar-refractivity contribution in [1.82, 2.24) is 5.01 Å². The van der Waals surface area contributed by atoms with Crippen LogP contribution in [0, 0.1) is 23.7 Å². The third-order valence-corrected chi connectivity index (χ3v) is 5.80. The molecule has 4 atom stereocenters. The summed E-state index contributed by atoms with van der Waals surface area (Å²) < 4.78 is 11.2. The maximum Gasteiger partial charge on any atom is 0.254 e. The highest BCUT2D eigenvalue weighted by molar-refractivity contribution is 6.06. The minimum absolute atomic E-state index is 0.177. The van der Waals surface area contributed by atoms with E-state index < -0.39 is 0 Å². The van der Waals surface area contributed by atoms with Gasteiger partial charge in [0.2, 0.25) is 0 Å². The predicted molar refractivity (Wildman–Crippen MR) is 105 cm³/mol. The summed E-state index contributed by atoms with van der Waals surface area (Å²) in [5.41, 5.74) is 1.65. The molecule has 3 aliphatic rings. The van der Waals surface area contributed by atoms with E-state index in [0.717, 1.165) is 22.6 Å². The Morgan fingerprint density at radius 2 is 1.89 bits per heavy atom. The smallest absolute Gasteiger partial charge is 0.254 e. The average Bonchev–Trinajstić information content (AvgIpc) is 3.36.